The van der Waals surface area contributed by atoms with Gasteiger partial charge in [0.2, 0.25) is 11.8 Å². The van der Waals surface area contributed by atoms with E-state index in [2.05, 4.69) is 50.4 Å². The Morgan fingerprint density at radius 1 is 1.03 bits per heavy atom. The lowest BCUT2D eigenvalue weighted by Crippen LogP contribution is -2.51. The molecule has 1 atom stereocenters. The third kappa shape index (κ3) is 7.47. The molecule has 1 saturated carbocycles. The molecule has 1 unspecified atom stereocenters. The van der Waals surface area contributed by atoms with Gasteiger partial charge in [-0.3, -0.25) is 9.59 Å². The van der Waals surface area contributed by atoms with Crippen molar-refractivity contribution in [1.82, 2.24) is 10.2 Å². The molecular formula is C29H38Cl2N2O2. The van der Waals surface area contributed by atoms with E-state index in [9.17, 15) is 9.59 Å². The molecule has 0 bridgehead atoms. The lowest BCUT2D eigenvalue weighted by atomic mass is 9.86. The summed E-state index contributed by atoms with van der Waals surface area (Å²) in [7, 11) is 0. The third-order valence-electron chi connectivity index (χ3n) is 6.93. The van der Waals surface area contributed by atoms with E-state index in [4.69, 9.17) is 23.2 Å². The fraction of sp³-hybridized carbons (Fsp3) is 0.517. The Balaban J connectivity index is 1.79. The van der Waals surface area contributed by atoms with Crippen molar-refractivity contribution in [2.75, 3.05) is 0 Å². The fourth-order valence-corrected chi connectivity index (χ4v) is 5.22. The second kappa shape index (κ2) is 12.3. The lowest BCUT2D eigenvalue weighted by Gasteiger charge is -2.32. The highest BCUT2D eigenvalue weighted by Crippen LogP contribution is 2.28. The van der Waals surface area contributed by atoms with Gasteiger partial charge in [0.1, 0.15) is 6.04 Å². The number of amides is 2. The highest BCUT2D eigenvalue weighted by molar-refractivity contribution is 6.36. The van der Waals surface area contributed by atoms with Crippen molar-refractivity contribution >= 4 is 35.0 Å². The number of hydrogen-bond acceptors (Lipinski definition) is 2. The van der Waals surface area contributed by atoms with Crippen LogP contribution in [0.25, 0.3) is 0 Å². The molecule has 4 nitrogen and oxygen atoms in total. The molecule has 6 heteroatoms. The number of carbonyl (C=O) groups is 2. The molecule has 0 aromatic heterocycles. The average Bonchev–Trinajstić information content (AvgIpc) is 3.32. The maximum atomic E-state index is 13.6. The first-order valence-electron chi connectivity index (χ1n) is 12.7. The molecule has 0 heterocycles. The summed E-state index contributed by atoms with van der Waals surface area (Å²) in [5.74, 6) is -0.167. The summed E-state index contributed by atoms with van der Waals surface area (Å²) in [5, 5.41) is 4.17. The first-order chi connectivity index (χ1) is 16.6. The predicted octanol–water partition coefficient (Wildman–Crippen LogP) is 7.09. The number of rotatable bonds is 9. The molecular weight excluding hydrogens is 479 g/mol. The molecule has 2 amide bonds. The first kappa shape index (κ1) is 27.5. The normalized spacial score (nSPS) is 15.1. The van der Waals surface area contributed by atoms with Crippen LogP contribution in [0.15, 0.2) is 42.5 Å². The zero-order chi connectivity index (χ0) is 25.6. The van der Waals surface area contributed by atoms with Gasteiger partial charge in [-0.1, -0.05) is 94.1 Å². The summed E-state index contributed by atoms with van der Waals surface area (Å²) < 4.78 is 0. The molecule has 1 aliphatic carbocycles. The molecule has 0 saturated heterocycles. The van der Waals surface area contributed by atoms with Crippen molar-refractivity contribution < 1.29 is 9.59 Å². The molecule has 1 aliphatic rings. The number of halogens is 2. The predicted molar refractivity (Wildman–Crippen MR) is 145 cm³/mol. The van der Waals surface area contributed by atoms with Crippen LogP contribution in [0.5, 0.6) is 0 Å². The number of aryl methyl sites for hydroxylation is 1. The van der Waals surface area contributed by atoms with E-state index in [0.29, 0.717) is 34.9 Å². The zero-order valence-corrected chi connectivity index (χ0v) is 22.9. The second-order valence-corrected chi connectivity index (χ2v) is 11.4. The van der Waals surface area contributed by atoms with E-state index in [0.717, 1.165) is 31.2 Å². The Labute approximate surface area is 220 Å². The van der Waals surface area contributed by atoms with Gasteiger partial charge in [0, 0.05) is 34.6 Å². The number of nitrogens with one attached hydrogen (secondary N) is 1. The molecule has 1 N–H and O–H groups in total. The van der Waals surface area contributed by atoms with Crippen LogP contribution in [-0.4, -0.2) is 28.8 Å². The largest absolute Gasteiger partial charge is 0.352 e. The van der Waals surface area contributed by atoms with Gasteiger partial charge in [-0.2, -0.15) is 0 Å². The minimum atomic E-state index is -0.571. The summed E-state index contributed by atoms with van der Waals surface area (Å²) >= 11 is 12.9. The van der Waals surface area contributed by atoms with Gasteiger partial charge in [-0.05, 0) is 54.4 Å². The molecule has 0 radical (unpaired) electrons. The molecule has 3 rings (SSSR count). The molecule has 190 valence electrons. The standard InChI is InChI=1S/C29H38Cl2N2O2/c1-5-26(28(35)32-22-9-6-7-10-22)33(19-23-24(30)11-8-12-25(23)31)27(34)18-15-20-13-16-21(17-14-20)29(2,3)4/h8,11-14,16-17,22,26H,5-7,9-10,15,18-19H2,1-4H3,(H,32,35). The van der Waals surface area contributed by atoms with Gasteiger partial charge in [-0.25, -0.2) is 0 Å². The van der Waals surface area contributed by atoms with E-state index in [-0.39, 0.29) is 29.8 Å². The molecule has 0 aliphatic heterocycles. The van der Waals surface area contributed by atoms with Crippen LogP contribution in [0.3, 0.4) is 0 Å². The Bertz CT molecular complexity index is 988. The van der Waals surface area contributed by atoms with Crippen molar-refractivity contribution in [2.45, 2.75) is 96.7 Å². The van der Waals surface area contributed by atoms with Gasteiger partial charge in [0.05, 0.1) is 0 Å². The zero-order valence-electron chi connectivity index (χ0n) is 21.4. The highest BCUT2D eigenvalue weighted by atomic mass is 35.5. The Morgan fingerprint density at radius 2 is 1.63 bits per heavy atom. The van der Waals surface area contributed by atoms with E-state index < -0.39 is 6.04 Å². The monoisotopic (exact) mass is 516 g/mol. The smallest absolute Gasteiger partial charge is 0.243 e. The number of nitrogens with zero attached hydrogens (tertiary/aromatic N) is 1. The van der Waals surface area contributed by atoms with E-state index in [1.165, 1.54) is 5.56 Å². The van der Waals surface area contributed by atoms with Gasteiger partial charge in [0.25, 0.3) is 0 Å². The number of carbonyl (C=O) groups excluding carboxylic acids is 2. The summed E-state index contributed by atoms with van der Waals surface area (Å²) in [6.07, 6.45) is 5.70. The third-order valence-corrected chi connectivity index (χ3v) is 7.63. The average molecular weight is 518 g/mol. The maximum absolute atomic E-state index is 13.6. The molecule has 1 fully saturated rings. The maximum Gasteiger partial charge on any atom is 0.243 e. The summed E-state index contributed by atoms with van der Waals surface area (Å²) in [6, 6.07) is 13.4. The molecule has 2 aromatic carbocycles. The van der Waals surface area contributed by atoms with Crippen LogP contribution in [0.1, 0.15) is 82.9 Å². The van der Waals surface area contributed by atoms with Crippen molar-refractivity contribution in [2.24, 2.45) is 0 Å². The Kier molecular flexibility index (Phi) is 9.66. The van der Waals surface area contributed by atoms with Gasteiger partial charge < -0.3 is 10.2 Å². The van der Waals surface area contributed by atoms with Crippen LogP contribution < -0.4 is 5.32 Å². The summed E-state index contributed by atoms with van der Waals surface area (Å²) in [5.41, 5.74) is 3.12. The Hall–Kier alpha value is -2.04. The number of hydrogen-bond donors (Lipinski definition) is 1. The summed E-state index contributed by atoms with van der Waals surface area (Å²) in [6.45, 7) is 8.70. The highest BCUT2D eigenvalue weighted by Gasteiger charge is 2.31. The lowest BCUT2D eigenvalue weighted by molar-refractivity contribution is -0.141. The second-order valence-electron chi connectivity index (χ2n) is 10.6. The topological polar surface area (TPSA) is 49.4 Å². The Morgan fingerprint density at radius 3 is 2.17 bits per heavy atom. The van der Waals surface area contributed by atoms with Crippen molar-refractivity contribution in [3.05, 3.63) is 69.2 Å². The van der Waals surface area contributed by atoms with Crippen molar-refractivity contribution in [3.8, 4) is 0 Å². The molecule has 35 heavy (non-hydrogen) atoms. The van der Waals surface area contributed by atoms with E-state index in [1.54, 1.807) is 23.1 Å². The van der Waals surface area contributed by atoms with Crippen LogP contribution in [0.2, 0.25) is 10.0 Å². The van der Waals surface area contributed by atoms with E-state index >= 15 is 0 Å². The van der Waals surface area contributed by atoms with Gasteiger partial charge >= 0.3 is 0 Å². The fourth-order valence-electron chi connectivity index (χ4n) is 4.71. The van der Waals surface area contributed by atoms with Crippen LogP contribution >= 0.6 is 23.2 Å². The van der Waals surface area contributed by atoms with Gasteiger partial charge in [-0.15, -0.1) is 0 Å². The van der Waals surface area contributed by atoms with Crippen molar-refractivity contribution in [3.63, 3.8) is 0 Å². The first-order valence-corrected chi connectivity index (χ1v) is 13.5. The van der Waals surface area contributed by atoms with Crippen LogP contribution in [0, 0.1) is 0 Å². The van der Waals surface area contributed by atoms with Crippen LogP contribution in [-0.2, 0) is 28.0 Å². The quantitative estimate of drug-likeness (QED) is 0.386. The van der Waals surface area contributed by atoms with Crippen LogP contribution in [0.4, 0.5) is 0 Å². The van der Waals surface area contributed by atoms with Crippen molar-refractivity contribution in [1.29, 1.82) is 0 Å². The van der Waals surface area contributed by atoms with Gasteiger partial charge in [0.15, 0.2) is 0 Å². The van der Waals surface area contributed by atoms with E-state index in [1.807, 2.05) is 6.92 Å². The SMILES string of the molecule is CCC(C(=O)NC1CCCC1)N(Cc1c(Cl)cccc1Cl)C(=O)CCc1ccc(C(C)(C)C)cc1. The molecule has 2 aromatic rings. The summed E-state index contributed by atoms with van der Waals surface area (Å²) in [4.78, 5) is 28.5. The minimum absolute atomic E-state index is 0.0747. The minimum Gasteiger partial charge on any atom is -0.352 e. The number of benzene rings is 2. The molecule has 0 spiro atoms.